The molecule has 0 bridgehead atoms. The van der Waals surface area contributed by atoms with Gasteiger partial charge in [-0.3, -0.25) is 14.7 Å². The predicted molar refractivity (Wildman–Crippen MR) is 201 cm³/mol. The second-order valence-corrected chi connectivity index (χ2v) is 14.4. The van der Waals surface area contributed by atoms with Crippen molar-refractivity contribution in [3.63, 3.8) is 0 Å². The molecule has 14 heteroatoms. The molecule has 4 heterocycles. The average molecular weight is 719 g/mol. The zero-order chi connectivity index (χ0) is 34.5. The topological polar surface area (TPSA) is 122 Å². The van der Waals surface area contributed by atoms with Crippen LogP contribution in [0.5, 0.6) is 0 Å². The standard InChI is InChI=1S/C17H18N4OS2.C15H14N4OS2.C2H6/c1-12(16(22)20(2)13-8-5-4-6-9-13)24-17-19-18-15(21(17)3)14-10-7-11-23-14;1-10(14(20)16-11-6-3-2-4-7-11)22-15-17-13(18-19-15)12-8-5-9-21-12;1-2/h4-12H,1-3H3;2-10H,1H3,(H,16,20)(H,17,18,19);1-2H3. The summed E-state index contributed by atoms with van der Waals surface area (Å²) in [5.41, 5.74) is 1.67. The van der Waals surface area contributed by atoms with E-state index in [1.807, 2.05) is 135 Å². The normalized spacial score (nSPS) is 11.7. The number of aromatic nitrogens is 6. The molecule has 6 aromatic rings. The minimum atomic E-state index is -0.285. The Labute approximate surface area is 297 Å². The number of hydrogen-bond acceptors (Lipinski definition) is 10. The molecule has 0 radical (unpaired) electrons. The van der Waals surface area contributed by atoms with E-state index in [4.69, 9.17) is 0 Å². The van der Waals surface area contributed by atoms with Crippen LogP contribution in [0.25, 0.3) is 21.4 Å². The zero-order valence-corrected chi connectivity index (χ0v) is 30.8. The molecular formula is C34H38N8O2S4. The summed E-state index contributed by atoms with van der Waals surface area (Å²) < 4.78 is 1.93. The Morgan fingerprint density at radius 2 is 1.46 bits per heavy atom. The van der Waals surface area contributed by atoms with E-state index in [-0.39, 0.29) is 22.3 Å². The fraction of sp³-hybridized carbons (Fsp3) is 0.235. The number of hydrogen-bond donors (Lipinski definition) is 2. The number of aromatic amines is 1. The second-order valence-electron chi connectivity index (χ2n) is 9.89. The Kier molecular flexibility index (Phi) is 14.0. The minimum Gasteiger partial charge on any atom is -0.325 e. The third kappa shape index (κ3) is 9.89. The monoisotopic (exact) mass is 718 g/mol. The molecule has 2 atom stereocenters. The molecule has 0 aliphatic carbocycles. The maximum atomic E-state index is 12.6. The number of nitrogens with one attached hydrogen (secondary N) is 2. The summed E-state index contributed by atoms with van der Waals surface area (Å²) in [6, 6.07) is 27.0. The third-order valence-corrected chi connectivity index (χ3v) is 10.4. The van der Waals surface area contributed by atoms with Crippen LogP contribution in [0, 0.1) is 0 Å². The van der Waals surface area contributed by atoms with Gasteiger partial charge in [-0.1, -0.05) is 85.9 Å². The molecule has 6 rings (SSSR count). The summed E-state index contributed by atoms with van der Waals surface area (Å²) in [7, 11) is 3.72. The van der Waals surface area contributed by atoms with Gasteiger partial charge in [-0.15, -0.1) is 38.0 Å². The van der Waals surface area contributed by atoms with Crippen LogP contribution >= 0.6 is 46.2 Å². The third-order valence-electron chi connectivity index (χ3n) is 6.59. The van der Waals surface area contributed by atoms with Crippen LogP contribution in [0.3, 0.4) is 0 Å². The van der Waals surface area contributed by atoms with Crippen molar-refractivity contribution in [2.24, 2.45) is 7.05 Å². The highest BCUT2D eigenvalue weighted by Gasteiger charge is 2.23. The van der Waals surface area contributed by atoms with E-state index < -0.39 is 0 Å². The maximum Gasteiger partial charge on any atom is 0.240 e. The van der Waals surface area contributed by atoms with Gasteiger partial charge in [0.25, 0.3) is 0 Å². The highest BCUT2D eigenvalue weighted by atomic mass is 32.2. The lowest BCUT2D eigenvalue weighted by atomic mass is 10.3. The van der Waals surface area contributed by atoms with E-state index in [1.165, 1.54) is 23.5 Å². The summed E-state index contributed by atoms with van der Waals surface area (Å²) >= 11 is 5.97. The van der Waals surface area contributed by atoms with Gasteiger partial charge in [-0.2, -0.15) is 0 Å². The van der Waals surface area contributed by atoms with E-state index in [9.17, 15) is 9.59 Å². The summed E-state index contributed by atoms with van der Waals surface area (Å²) in [4.78, 5) is 33.0. The van der Waals surface area contributed by atoms with Crippen LogP contribution in [0.15, 0.2) is 106 Å². The largest absolute Gasteiger partial charge is 0.325 e. The first-order chi connectivity index (χ1) is 23.3. The van der Waals surface area contributed by atoms with Crippen molar-refractivity contribution in [2.75, 3.05) is 17.3 Å². The van der Waals surface area contributed by atoms with E-state index in [0.717, 1.165) is 37.9 Å². The molecule has 2 amide bonds. The number of carbonyl (C=O) groups is 2. The molecule has 0 saturated heterocycles. The van der Waals surface area contributed by atoms with E-state index >= 15 is 0 Å². The average Bonchev–Trinajstić information content (AvgIpc) is 3.96. The van der Waals surface area contributed by atoms with Crippen LogP contribution in [-0.4, -0.2) is 59.3 Å². The fourth-order valence-electron chi connectivity index (χ4n) is 4.10. The van der Waals surface area contributed by atoms with Crippen LogP contribution in [0.2, 0.25) is 0 Å². The number of para-hydroxylation sites is 2. The molecule has 0 spiro atoms. The van der Waals surface area contributed by atoms with Crippen molar-refractivity contribution >= 4 is 69.4 Å². The molecule has 2 aromatic carbocycles. The highest BCUT2D eigenvalue weighted by molar-refractivity contribution is 8.00. The molecule has 0 fully saturated rings. The molecule has 0 aliphatic rings. The Morgan fingerprint density at radius 1 is 0.833 bits per heavy atom. The molecule has 4 aromatic heterocycles. The number of benzene rings is 2. The van der Waals surface area contributed by atoms with Crippen molar-refractivity contribution in [3.8, 4) is 21.4 Å². The Hall–Kier alpha value is -4.24. The van der Waals surface area contributed by atoms with Gasteiger partial charge in [0.1, 0.15) is 0 Å². The van der Waals surface area contributed by atoms with Gasteiger partial charge in [-0.25, -0.2) is 4.98 Å². The summed E-state index contributed by atoms with van der Waals surface area (Å²) in [5.74, 6) is 1.52. The number of thioether (sulfide) groups is 2. The molecule has 0 saturated carbocycles. The molecule has 250 valence electrons. The van der Waals surface area contributed by atoms with Crippen LogP contribution in [-0.2, 0) is 16.6 Å². The van der Waals surface area contributed by atoms with E-state index in [2.05, 4.69) is 30.7 Å². The number of nitrogens with zero attached hydrogens (tertiary/aromatic N) is 6. The number of H-pyrrole nitrogens is 1. The first-order valence-electron chi connectivity index (χ1n) is 15.2. The van der Waals surface area contributed by atoms with Gasteiger partial charge in [0.05, 0.1) is 20.3 Å². The fourth-order valence-corrected chi connectivity index (χ4v) is 7.14. The Bertz CT molecular complexity index is 1830. The molecule has 10 nitrogen and oxygen atoms in total. The Morgan fingerprint density at radius 3 is 2.08 bits per heavy atom. The van der Waals surface area contributed by atoms with Crippen molar-refractivity contribution in [3.05, 3.63) is 95.7 Å². The van der Waals surface area contributed by atoms with Gasteiger partial charge in [0.15, 0.2) is 16.8 Å². The highest BCUT2D eigenvalue weighted by Crippen LogP contribution is 2.29. The van der Waals surface area contributed by atoms with Gasteiger partial charge >= 0.3 is 0 Å². The second kappa shape index (κ2) is 18.3. The predicted octanol–water partition coefficient (Wildman–Crippen LogP) is 8.37. The first kappa shape index (κ1) is 36.6. The molecular weight excluding hydrogens is 681 g/mol. The number of anilines is 2. The lowest BCUT2D eigenvalue weighted by molar-refractivity contribution is -0.117. The van der Waals surface area contributed by atoms with Gasteiger partial charge in [-0.05, 0) is 61.0 Å². The van der Waals surface area contributed by atoms with Crippen LogP contribution in [0.1, 0.15) is 27.7 Å². The molecule has 2 N–H and O–H groups in total. The lowest BCUT2D eigenvalue weighted by Crippen LogP contribution is -2.33. The molecule has 48 heavy (non-hydrogen) atoms. The minimum absolute atomic E-state index is 0.0341. The van der Waals surface area contributed by atoms with E-state index in [1.54, 1.807) is 34.6 Å². The van der Waals surface area contributed by atoms with Crippen molar-refractivity contribution in [2.45, 2.75) is 48.5 Å². The Balaban J connectivity index is 0.000000207. The number of rotatable bonds is 10. The number of amides is 2. The molecule has 0 aliphatic heterocycles. The number of thiophene rings is 2. The number of carbonyl (C=O) groups excluding carboxylic acids is 2. The SMILES string of the molecule is CC.CC(Sc1n[nH]c(-c2cccs2)n1)C(=O)Nc1ccccc1.CC(Sc1nnc(-c2cccs2)n1C)C(=O)N(C)c1ccccc1. The molecule has 2 unspecified atom stereocenters. The van der Waals surface area contributed by atoms with Gasteiger partial charge in [0.2, 0.25) is 17.0 Å². The quantitative estimate of drug-likeness (QED) is 0.136. The maximum absolute atomic E-state index is 12.6. The summed E-state index contributed by atoms with van der Waals surface area (Å²) in [5, 5.41) is 23.2. The zero-order valence-electron chi connectivity index (χ0n) is 27.5. The smallest absolute Gasteiger partial charge is 0.240 e. The van der Waals surface area contributed by atoms with Crippen molar-refractivity contribution in [1.82, 2.24) is 29.9 Å². The summed E-state index contributed by atoms with van der Waals surface area (Å²) in [6.45, 7) is 7.73. The van der Waals surface area contributed by atoms with Crippen LogP contribution < -0.4 is 10.2 Å². The van der Waals surface area contributed by atoms with E-state index in [0.29, 0.717) is 5.16 Å². The van der Waals surface area contributed by atoms with Crippen molar-refractivity contribution in [1.29, 1.82) is 0 Å². The lowest BCUT2D eigenvalue weighted by Gasteiger charge is -2.20. The van der Waals surface area contributed by atoms with Gasteiger partial charge < -0.3 is 14.8 Å². The first-order valence-corrected chi connectivity index (χ1v) is 18.7. The van der Waals surface area contributed by atoms with Crippen molar-refractivity contribution < 1.29 is 9.59 Å². The van der Waals surface area contributed by atoms with Gasteiger partial charge in [0, 0.05) is 25.5 Å². The summed E-state index contributed by atoms with van der Waals surface area (Å²) in [6.07, 6.45) is 0. The van der Waals surface area contributed by atoms with Crippen LogP contribution in [0.4, 0.5) is 11.4 Å².